The van der Waals surface area contributed by atoms with Crippen LogP contribution in [0.3, 0.4) is 0 Å². The van der Waals surface area contributed by atoms with Crippen molar-refractivity contribution in [2.45, 2.75) is 154 Å². The van der Waals surface area contributed by atoms with Gasteiger partial charge in [-0.15, -0.1) is 0 Å². The number of hydrogen-bond donors (Lipinski definition) is 5. The molecule has 54 heavy (non-hydrogen) atoms. The van der Waals surface area contributed by atoms with E-state index in [1.54, 1.807) is 12.2 Å². The Kier molecular flexibility index (Phi) is 27.9. The van der Waals surface area contributed by atoms with Crippen molar-refractivity contribution in [3.63, 3.8) is 0 Å². The van der Waals surface area contributed by atoms with Crippen LogP contribution in [0.5, 0.6) is 0 Å². The van der Waals surface area contributed by atoms with Crippen LogP contribution in [0.1, 0.15) is 129 Å². The first kappa shape index (κ1) is 49.3. The van der Waals surface area contributed by atoms with Crippen molar-refractivity contribution in [3.05, 3.63) is 60.8 Å². The van der Waals surface area contributed by atoms with Crippen molar-refractivity contribution in [2.75, 3.05) is 13.2 Å². The Bertz CT molecular complexity index is 1240. The third-order valence-electron chi connectivity index (χ3n) is 9.00. The van der Waals surface area contributed by atoms with Crippen LogP contribution in [0, 0.1) is 11.8 Å². The molecule has 12 nitrogen and oxygen atoms in total. The lowest BCUT2D eigenvalue weighted by Gasteiger charge is -2.20. The number of phosphoric ester groups is 1. The van der Waals surface area contributed by atoms with Gasteiger partial charge in [-0.05, 0) is 64.2 Å². The van der Waals surface area contributed by atoms with Gasteiger partial charge in [0.05, 0.1) is 24.9 Å². The molecule has 0 saturated heterocycles. The standard InChI is InChI=1S/C41H67O12P/c1-3-5-7-8-9-10-11-12-13-14-15-16-17-18-20-25-40(46)51-31-35(32-52-54(48,49)50)53-41(47)26-22-21-24-34(43)29-37-36(38(44)30-39(37)45)28-27-33(42)23-19-6-4-2/h5,7,9-10,12-13,15-16,27-28,33,35-39,42,44-45H,3-4,6,8,11,14,17-26,29-32H2,1-2H3,(H2,48,49,50)/b7-5-,10-9-,13-12-,16-15-,28-27+/t33-,35+,36+,37+,38+,39-/m0/s1. The molecule has 0 bridgehead atoms. The summed E-state index contributed by atoms with van der Waals surface area (Å²) in [6, 6.07) is 0. The summed E-state index contributed by atoms with van der Waals surface area (Å²) in [5, 5.41) is 31.2. The normalized spacial score (nSPS) is 20.6. The Hall–Kier alpha value is -2.70. The number of carbonyl (C=O) groups is 3. The van der Waals surface area contributed by atoms with E-state index < -0.39 is 69.2 Å². The predicted octanol–water partition coefficient (Wildman–Crippen LogP) is 7.29. The summed E-state index contributed by atoms with van der Waals surface area (Å²) in [4.78, 5) is 55.7. The molecule has 0 spiro atoms. The van der Waals surface area contributed by atoms with E-state index in [0.717, 1.165) is 57.8 Å². The van der Waals surface area contributed by atoms with E-state index in [4.69, 9.17) is 19.3 Å². The van der Waals surface area contributed by atoms with Crippen molar-refractivity contribution >= 4 is 25.5 Å². The van der Waals surface area contributed by atoms with E-state index in [9.17, 15) is 34.3 Å². The largest absolute Gasteiger partial charge is 0.469 e. The maximum absolute atomic E-state index is 12.8. The van der Waals surface area contributed by atoms with Gasteiger partial charge in [-0.2, -0.15) is 0 Å². The van der Waals surface area contributed by atoms with Crippen molar-refractivity contribution in [2.24, 2.45) is 11.8 Å². The summed E-state index contributed by atoms with van der Waals surface area (Å²) in [6.07, 6.45) is 27.3. The van der Waals surface area contributed by atoms with E-state index in [2.05, 4.69) is 67.0 Å². The van der Waals surface area contributed by atoms with Gasteiger partial charge in [0.1, 0.15) is 12.4 Å². The van der Waals surface area contributed by atoms with Gasteiger partial charge < -0.3 is 34.6 Å². The molecule has 0 aromatic heterocycles. The minimum absolute atomic E-state index is 0.0567. The average molecular weight is 783 g/mol. The fraction of sp³-hybridized carbons (Fsp3) is 0.683. The third-order valence-corrected chi connectivity index (χ3v) is 9.49. The molecule has 1 saturated carbocycles. The Morgan fingerprint density at radius 3 is 2.02 bits per heavy atom. The zero-order chi connectivity index (χ0) is 40.0. The highest BCUT2D eigenvalue weighted by Gasteiger charge is 2.41. The molecule has 0 amide bonds. The Morgan fingerprint density at radius 1 is 0.759 bits per heavy atom. The lowest BCUT2D eigenvalue weighted by molar-refractivity contribution is -0.161. The summed E-state index contributed by atoms with van der Waals surface area (Å²) < 4.78 is 26.2. The zero-order valence-electron chi connectivity index (χ0n) is 32.4. The van der Waals surface area contributed by atoms with Crippen LogP contribution in [-0.2, 0) is 32.9 Å². The number of allylic oxidation sites excluding steroid dienone is 8. The fourth-order valence-corrected chi connectivity index (χ4v) is 6.37. The molecule has 1 rings (SSSR count). The van der Waals surface area contributed by atoms with Gasteiger partial charge in [-0.25, -0.2) is 4.57 Å². The van der Waals surface area contributed by atoms with Crippen LogP contribution in [0.15, 0.2) is 60.8 Å². The molecule has 0 radical (unpaired) electrons. The van der Waals surface area contributed by atoms with E-state index in [-0.39, 0.29) is 37.9 Å². The molecule has 1 aliphatic rings. The van der Waals surface area contributed by atoms with Crippen LogP contribution in [0.4, 0.5) is 0 Å². The lowest BCUT2D eigenvalue weighted by Crippen LogP contribution is -2.29. The van der Waals surface area contributed by atoms with Gasteiger partial charge in [0.2, 0.25) is 0 Å². The first-order valence-corrected chi connectivity index (χ1v) is 21.3. The van der Waals surface area contributed by atoms with Gasteiger partial charge >= 0.3 is 19.8 Å². The minimum Gasteiger partial charge on any atom is -0.462 e. The van der Waals surface area contributed by atoms with E-state index in [0.29, 0.717) is 25.7 Å². The first-order chi connectivity index (χ1) is 25.9. The van der Waals surface area contributed by atoms with Crippen LogP contribution < -0.4 is 0 Å². The molecule has 1 aliphatic carbocycles. The van der Waals surface area contributed by atoms with Crippen LogP contribution in [-0.4, -0.2) is 80.5 Å². The molecule has 5 N–H and O–H groups in total. The minimum atomic E-state index is -4.87. The predicted molar refractivity (Wildman–Crippen MR) is 209 cm³/mol. The number of aliphatic hydroxyl groups is 3. The molecule has 0 aliphatic heterocycles. The first-order valence-electron chi connectivity index (χ1n) is 19.8. The number of unbranched alkanes of at least 4 members (excludes halogenated alkanes) is 5. The monoisotopic (exact) mass is 782 g/mol. The van der Waals surface area contributed by atoms with Crippen molar-refractivity contribution < 1.29 is 58.1 Å². The second-order valence-corrected chi connectivity index (χ2v) is 15.1. The lowest BCUT2D eigenvalue weighted by atomic mass is 9.87. The highest BCUT2D eigenvalue weighted by Crippen LogP contribution is 2.37. The molecular weight excluding hydrogens is 715 g/mol. The zero-order valence-corrected chi connectivity index (χ0v) is 33.3. The van der Waals surface area contributed by atoms with Gasteiger partial charge in [0.25, 0.3) is 0 Å². The summed E-state index contributed by atoms with van der Waals surface area (Å²) in [5.41, 5.74) is 0. The smallest absolute Gasteiger partial charge is 0.462 e. The van der Waals surface area contributed by atoms with Crippen LogP contribution >= 0.6 is 7.82 Å². The molecule has 1 fully saturated rings. The van der Waals surface area contributed by atoms with Crippen LogP contribution in [0.25, 0.3) is 0 Å². The number of ketones is 1. The fourth-order valence-electron chi connectivity index (χ4n) is 6.01. The number of esters is 2. The number of Topliss-reactive ketones (excluding diaryl/α,β-unsaturated/α-hetero) is 1. The van der Waals surface area contributed by atoms with Gasteiger partial charge in [-0.1, -0.05) is 93.9 Å². The maximum atomic E-state index is 12.8. The van der Waals surface area contributed by atoms with Crippen molar-refractivity contribution in [3.8, 4) is 0 Å². The van der Waals surface area contributed by atoms with Gasteiger partial charge in [0, 0.05) is 43.9 Å². The van der Waals surface area contributed by atoms with E-state index in [1.807, 2.05) is 0 Å². The highest BCUT2D eigenvalue weighted by atomic mass is 31.2. The topological polar surface area (TPSA) is 197 Å². The van der Waals surface area contributed by atoms with Gasteiger partial charge in [-0.3, -0.25) is 18.9 Å². The Morgan fingerprint density at radius 2 is 1.37 bits per heavy atom. The van der Waals surface area contributed by atoms with Crippen LogP contribution in [0.2, 0.25) is 0 Å². The quantitative estimate of drug-likeness (QED) is 0.0204. The number of hydrogen-bond acceptors (Lipinski definition) is 10. The number of carbonyl (C=O) groups excluding carboxylic acids is 3. The number of rotatable bonds is 31. The molecule has 6 atom stereocenters. The van der Waals surface area contributed by atoms with E-state index in [1.165, 1.54) is 0 Å². The number of ether oxygens (including phenoxy) is 2. The SMILES string of the molecule is CC/C=C\C/C=C\C/C=C\C/C=C\CCCCC(=O)OC[C@H](COP(=O)(O)O)OC(=O)CCCCC(=O)C[C@@H]1[C@@H](/C=C/[C@@H](O)CCCCC)[C@H](O)C[C@@H]1O. The average Bonchev–Trinajstić information content (AvgIpc) is 3.38. The summed E-state index contributed by atoms with van der Waals surface area (Å²) in [5.74, 6) is -2.28. The molecular formula is C41H67O12P. The maximum Gasteiger partial charge on any atom is 0.469 e. The third kappa shape index (κ3) is 26.2. The summed E-state index contributed by atoms with van der Waals surface area (Å²) in [7, 11) is -4.87. The van der Waals surface area contributed by atoms with Crippen molar-refractivity contribution in [1.82, 2.24) is 0 Å². The summed E-state index contributed by atoms with van der Waals surface area (Å²) >= 11 is 0. The Balaban J connectivity index is 2.39. The number of phosphoric acid groups is 1. The molecule has 308 valence electrons. The second-order valence-electron chi connectivity index (χ2n) is 13.8. The van der Waals surface area contributed by atoms with Crippen molar-refractivity contribution in [1.29, 1.82) is 0 Å². The molecule has 0 aromatic rings. The second kappa shape index (κ2) is 30.5. The number of aliphatic hydroxyl groups excluding tert-OH is 3. The molecule has 0 heterocycles. The summed E-state index contributed by atoms with van der Waals surface area (Å²) in [6.45, 7) is 3.09. The van der Waals surface area contributed by atoms with E-state index >= 15 is 0 Å². The Labute approximate surface area is 322 Å². The molecule has 0 aromatic carbocycles. The molecule has 13 heteroatoms. The van der Waals surface area contributed by atoms with Gasteiger partial charge in [0.15, 0.2) is 6.10 Å². The highest BCUT2D eigenvalue weighted by molar-refractivity contribution is 7.46. The molecule has 0 unspecified atom stereocenters.